The van der Waals surface area contributed by atoms with Gasteiger partial charge < -0.3 is 10.6 Å². The topological polar surface area (TPSA) is 58.2 Å². The SMILES string of the molecule is O=C(CSc1ccc(NC(=O)c2ccc(Cl)cc2Cl)cc1)Nc1ccc(Cl)cc1C(F)(F)F. The van der Waals surface area contributed by atoms with Crippen molar-refractivity contribution in [1.29, 1.82) is 0 Å². The van der Waals surface area contributed by atoms with Gasteiger partial charge in [-0.15, -0.1) is 11.8 Å². The number of rotatable bonds is 6. The Hall–Kier alpha value is -2.39. The fourth-order valence-electron chi connectivity index (χ4n) is 2.70. The van der Waals surface area contributed by atoms with Gasteiger partial charge >= 0.3 is 6.18 Å². The number of thioether (sulfide) groups is 1. The zero-order chi connectivity index (χ0) is 24.2. The largest absolute Gasteiger partial charge is 0.418 e. The molecule has 0 aliphatic rings. The molecule has 11 heteroatoms. The van der Waals surface area contributed by atoms with Gasteiger partial charge in [-0.2, -0.15) is 13.2 Å². The fourth-order valence-corrected chi connectivity index (χ4v) is 4.07. The lowest BCUT2D eigenvalue weighted by Crippen LogP contribution is -2.18. The van der Waals surface area contributed by atoms with Crippen molar-refractivity contribution in [2.45, 2.75) is 11.1 Å². The summed E-state index contributed by atoms with van der Waals surface area (Å²) in [5.74, 6) is -1.14. The third-order valence-corrected chi connectivity index (χ3v) is 6.01. The summed E-state index contributed by atoms with van der Waals surface area (Å²) in [5.41, 5.74) is -0.627. The van der Waals surface area contributed by atoms with Crippen LogP contribution in [0.4, 0.5) is 24.5 Å². The Morgan fingerprint density at radius 3 is 2.12 bits per heavy atom. The third-order valence-electron chi connectivity index (χ3n) is 4.22. The van der Waals surface area contributed by atoms with Gasteiger partial charge in [0.2, 0.25) is 5.91 Å². The molecule has 0 bridgehead atoms. The Morgan fingerprint density at radius 1 is 0.848 bits per heavy atom. The average Bonchev–Trinajstić information content (AvgIpc) is 2.73. The molecule has 172 valence electrons. The van der Waals surface area contributed by atoms with Crippen LogP contribution in [0, 0.1) is 0 Å². The van der Waals surface area contributed by atoms with E-state index in [1.54, 1.807) is 30.3 Å². The van der Waals surface area contributed by atoms with E-state index in [2.05, 4.69) is 10.6 Å². The van der Waals surface area contributed by atoms with Gasteiger partial charge in [0.15, 0.2) is 0 Å². The summed E-state index contributed by atoms with van der Waals surface area (Å²) >= 11 is 18.6. The van der Waals surface area contributed by atoms with Crippen LogP contribution in [0.2, 0.25) is 15.1 Å². The molecule has 2 N–H and O–H groups in total. The number of benzene rings is 3. The second kappa shape index (κ2) is 10.7. The van der Waals surface area contributed by atoms with Gasteiger partial charge in [-0.25, -0.2) is 0 Å². The number of anilines is 2. The molecule has 3 rings (SSSR count). The van der Waals surface area contributed by atoms with E-state index in [1.165, 1.54) is 18.2 Å². The van der Waals surface area contributed by atoms with Crippen molar-refractivity contribution >= 4 is 69.8 Å². The first kappa shape index (κ1) is 25.2. The Morgan fingerprint density at radius 2 is 1.48 bits per heavy atom. The number of nitrogens with one attached hydrogen (secondary N) is 2. The van der Waals surface area contributed by atoms with Gasteiger partial charge in [0, 0.05) is 20.6 Å². The normalized spacial score (nSPS) is 11.2. The molecule has 0 aromatic heterocycles. The molecule has 0 radical (unpaired) electrons. The molecule has 2 amide bonds. The van der Waals surface area contributed by atoms with Gasteiger partial charge in [0.1, 0.15) is 0 Å². The molecule has 3 aromatic carbocycles. The van der Waals surface area contributed by atoms with E-state index in [0.717, 1.165) is 23.9 Å². The van der Waals surface area contributed by atoms with Crippen LogP contribution in [0.25, 0.3) is 0 Å². The van der Waals surface area contributed by atoms with Crippen LogP contribution in [-0.4, -0.2) is 17.6 Å². The van der Waals surface area contributed by atoms with Crippen LogP contribution in [-0.2, 0) is 11.0 Å². The van der Waals surface area contributed by atoms with E-state index in [0.29, 0.717) is 15.6 Å². The molecule has 0 heterocycles. The minimum absolute atomic E-state index is 0.0831. The number of halogens is 6. The maximum atomic E-state index is 13.1. The van der Waals surface area contributed by atoms with E-state index < -0.39 is 23.6 Å². The molecule has 0 aliphatic carbocycles. The zero-order valence-electron chi connectivity index (χ0n) is 16.5. The summed E-state index contributed by atoms with van der Waals surface area (Å²) in [7, 11) is 0. The van der Waals surface area contributed by atoms with Gasteiger partial charge in [0.25, 0.3) is 5.91 Å². The van der Waals surface area contributed by atoms with Crippen LogP contribution < -0.4 is 10.6 Å². The third kappa shape index (κ3) is 7.04. The van der Waals surface area contributed by atoms with E-state index in [-0.39, 0.29) is 27.0 Å². The second-order valence-corrected chi connectivity index (χ2v) is 8.96. The van der Waals surface area contributed by atoms with Crippen LogP contribution in [0.15, 0.2) is 65.6 Å². The van der Waals surface area contributed by atoms with Crippen molar-refractivity contribution in [3.63, 3.8) is 0 Å². The Kier molecular flexibility index (Phi) is 8.18. The number of alkyl halides is 3. The summed E-state index contributed by atoms with van der Waals surface area (Å²) in [6, 6.07) is 14.2. The predicted molar refractivity (Wildman–Crippen MR) is 127 cm³/mol. The summed E-state index contributed by atoms with van der Waals surface area (Å²) < 4.78 is 39.4. The van der Waals surface area contributed by atoms with Crippen LogP contribution in [0.1, 0.15) is 15.9 Å². The lowest BCUT2D eigenvalue weighted by Gasteiger charge is -2.14. The summed E-state index contributed by atoms with van der Waals surface area (Å²) in [6.07, 6.45) is -4.66. The highest BCUT2D eigenvalue weighted by molar-refractivity contribution is 8.00. The first-order valence-electron chi connectivity index (χ1n) is 9.19. The summed E-state index contributed by atoms with van der Waals surface area (Å²) in [5, 5.41) is 5.50. The van der Waals surface area contributed by atoms with Crippen molar-refractivity contribution in [2.24, 2.45) is 0 Å². The fraction of sp³-hybridized carbons (Fsp3) is 0.0909. The molecule has 0 saturated carbocycles. The van der Waals surface area contributed by atoms with E-state index in [4.69, 9.17) is 34.8 Å². The minimum atomic E-state index is -4.66. The zero-order valence-corrected chi connectivity index (χ0v) is 19.6. The van der Waals surface area contributed by atoms with Crippen molar-refractivity contribution in [1.82, 2.24) is 0 Å². The van der Waals surface area contributed by atoms with Gasteiger partial charge in [0.05, 0.1) is 27.6 Å². The molecular formula is C22H14Cl3F3N2O2S. The number of amides is 2. The molecule has 0 saturated heterocycles. The highest BCUT2D eigenvalue weighted by atomic mass is 35.5. The monoisotopic (exact) mass is 532 g/mol. The lowest BCUT2D eigenvalue weighted by molar-refractivity contribution is -0.137. The van der Waals surface area contributed by atoms with Crippen molar-refractivity contribution in [3.05, 3.63) is 86.9 Å². The van der Waals surface area contributed by atoms with Crippen LogP contribution in [0.5, 0.6) is 0 Å². The summed E-state index contributed by atoms with van der Waals surface area (Å²) in [4.78, 5) is 25.2. The van der Waals surface area contributed by atoms with Gasteiger partial charge in [-0.3, -0.25) is 9.59 Å². The van der Waals surface area contributed by atoms with E-state index in [9.17, 15) is 22.8 Å². The molecular weight excluding hydrogens is 520 g/mol. The number of hydrogen-bond acceptors (Lipinski definition) is 3. The Bertz CT molecular complexity index is 1190. The first-order valence-corrected chi connectivity index (χ1v) is 11.3. The smallest absolute Gasteiger partial charge is 0.325 e. The highest BCUT2D eigenvalue weighted by Gasteiger charge is 2.34. The van der Waals surface area contributed by atoms with Gasteiger partial charge in [-0.05, 0) is 60.7 Å². The molecule has 3 aromatic rings. The van der Waals surface area contributed by atoms with Crippen LogP contribution >= 0.6 is 46.6 Å². The number of carbonyl (C=O) groups excluding carboxylic acids is 2. The van der Waals surface area contributed by atoms with Gasteiger partial charge in [-0.1, -0.05) is 34.8 Å². The van der Waals surface area contributed by atoms with E-state index in [1.807, 2.05) is 0 Å². The minimum Gasteiger partial charge on any atom is -0.325 e. The van der Waals surface area contributed by atoms with Crippen molar-refractivity contribution in [3.8, 4) is 0 Å². The standard InChI is InChI=1S/C22H14Cl3F3N2O2S/c23-12-2-8-19(17(9-12)22(26,27)28)30-20(31)11-33-15-5-3-14(4-6-15)29-21(32)16-7-1-13(24)10-18(16)25/h1-10H,11H2,(H,29,32)(H,30,31). The Labute approximate surface area is 206 Å². The maximum absolute atomic E-state index is 13.1. The second-order valence-electron chi connectivity index (χ2n) is 6.63. The molecule has 0 atom stereocenters. The lowest BCUT2D eigenvalue weighted by atomic mass is 10.1. The quantitative estimate of drug-likeness (QED) is 0.320. The molecule has 4 nitrogen and oxygen atoms in total. The molecule has 33 heavy (non-hydrogen) atoms. The predicted octanol–water partition coefficient (Wildman–Crippen LogP) is 7.65. The van der Waals surface area contributed by atoms with Crippen LogP contribution in [0.3, 0.4) is 0 Å². The highest BCUT2D eigenvalue weighted by Crippen LogP contribution is 2.36. The molecule has 0 fully saturated rings. The number of hydrogen-bond donors (Lipinski definition) is 2. The maximum Gasteiger partial charge on any atom is 0.418 e. The van der Waals surface area contributed by atoms with Crippen molar-refractivity contribution in [2.75, 3.05) is 16.4 Å². The molecule has 0 spiro atoms. The number of carbonyl (C=O) groups is 2. The molecule has 0 unspecified atom stereocenters. The Balaban J connectivity index is 1.58. The van der Waals surface area contributed by atoms with Crippen molar-refractivity contribution < 1.29 is 22.8 Å². The molecule has 0 aliphatic heterocycles. The van der Waals surface area contributed by atoms with E-state index >= 15 is 0 Å². The summed E-state index contributed by atoms with van der Waals surface area (Å²) in [6.45, 7) is 0. The average molecular weight is 534 g/mol. The first-order chi connectivity index (χ1) is 15.5.